The summed E-state index contributed by atoms with van der Waals surface area (Å²) in [4.78, 5) is 30.5. The number of aliphatic imine (C=N–C) groups is 1. The normalized spacial score (nSPS) is 15.5. The molecule has 0 aromatic heterocycles. The van der Waals surface area contributed by atoms with E-state index in [1.54, 1.807) is 25.3 Å². The Labute approximate surface area is 235 Å². The number of hydrogen-bond acceptors (Lipinski definition) is 6. The molecule has 0 bridgehead atoms. The quantitative estimate of drug-likeness (QED) is 0.263. The summed E-state index contributed by atoms with van der Waals surface area (Å²) in [6, 6.07) is 17.7. The molecule has 0 radical (unpaired) electrons. The zero-order valence-corrected chi connectivity index (χ0v) is 23.9. The highest BCUT2D eigenvalue weighted by Crippen LogP contribution is 2.38. The van der Waals surface area contributed by atoms with E-state index in [0.29, 0.717) is 40.5 Å². The molecule has 37 heavy (non-hydrogen) atoms. The van der Waals surface area contributed by atoms with E-state index in [-0.39, 0.29) is 11.5 Å². The number of aromatic carboxylic acids is 1. The Hall–Kier alpha value is -3.08. The first-order chi connectivity index (χ1) is 17.7. The topological polar surface area (TPSA) is 88.4 Å². The van der Waals surface area contributed by atoms with Gasteiger partial charge in [0.05, 0.1) is 22.8 Å². The number of amides is 1. The number of ether oxygens (including phenoxy) is 2. The molecular weight excluding hydrogens is 624 g/mol. The molecule has 1 saturated heterocycles. The summed E-state index contributed by atoms with van der Waals surface area (Å²) in [6.07, 6.45) is 1.78. The van der Waals surface area contributed by atoms with Crippen LogP contribution in [0.25, 0.3) is 6.08 Å². The molecule has 0 unspecified atom stereocenters. The van der Waals surface area contributed by atoms with E-state index in [0.717, 1.165) is 20.1 Å². The number of nitrogens with zero attached hydrogens (tertiary/aromatic N) is 2. The third kappa shape index (κ3) is 6.63. The second-order valence-electron chi connectivity index (χ2n) is 7.89. The average molecular weight is 646 g/mol. The molecule has 3 aromatic carbocycles. The van der Waals surface area contributed by atoms with Crippen molar-refractivity contribution in [3.05, 3.63) is 91.2 Å². The summed E-state index contributed by atoms with van der Waals surface area (Å²) < 4.78 is 13.6. The van der Waals surface area contributed by atoms with Crippen molar-refractivity contribution >= 4 is 72.4 Å². The molecule has 3 aromatic rings. The molecule has 0 saturated carbocycles. The first-order valence-electron chi connectivity index (χ1n) is 11.2. The molecule has 1 fully saturated rings. The minimum Gasteiger partial charge on any atom is -0.490 e. The Balaban J connectivity index is 1.57. The summed E-state index contributed by atoms with van der Waals surface area (Å²) in [6.45, 7) is 2.74. The van der Waals surface area contributed by atoms with Gasteiger partial charge in [0.2, 0.25) is 0 Å². The Morgan fingerprint density at radius 2 is 1.73 bits per heavy atom. The standard InChI is InChI=1S/C27H22Br2N2O5S/c1-3-35-22-12-18(21(29)14-23(22)36-15-16-4-8-19(28)9-5-16)13-24-25(32)31(2)27(37-24)30-20-10-6-17(7-11-20)26(33)34/h4-14H,3,15H2,1-2H3,(H,33,34)/b24-13-,30-27?. The fourth-order valence-electron chi connectivity index (χ4n) is 3.37. The number of halogens is 2. The summed E-state index contributed by atoms with van der Waals surface area (Å²) in [5, 5.41) is 9.57. The van der Waals surface area contributed by atoms with Crippen molar-refractivity contribution in [3.63, 3.8) is 0 Å². The first kappa shape index (κ1) is 27.0. The molecule has 1 amide bonds. The molecule has 190 valence electrons. The second kappa shape index (κ2) is 12.0. The summed E-state index contributed by atoms with van der Waals surface area (Å²) in [7, 11) is 1.65. The van der Waals surface area contributed by atoms with E-state index in [1.807, 2.05) is 43.3 Å². The van der Waals surface area contributed by atoms with Gasteiger partial charge in [0.25, 0.3) is 5.91 Å². The number of amidine groups is 1. The number of rotatable bonds is 8. The van der Waals surface area contributed by atoms with Crippen LogP contribution in [0.5, 0.6) is 11.5 Å². The summed E-state index contributed by atoms with van der Waals surface area (Å²) in [5.74, 6) is -0.0285. The zero-order chi connectivity index (χ0) is 26.5. The molecule has 0 spiro atoms. The smallest absolute Gasteiger partial charge is 0.335 e. The van der Waals surface area contributed by atoms with Crippen LogP contribution >= 0.6 is 43.6 Å². The maximum atomic E-state index is 12.9. The molecule has 10 heteroatoms. The fourth-order valence-corrected chi connectivity index (χ4v) is 5.05. The summed E-state index contributed by atoms with van der Waals surface area (Å²) >= 11 is 8.28. The van der Waals surface area contributed by atoms with Gasteiger partial charge in [0.15, 0.2) is 16.7 Å². The molecular formula is C27H22Br2N2O5S. The molecule has 1 aliphatic heterocycles. The number of carbonyl (C=O) groups excluding carboxylic acids is 1. The maximum absolute atomic E-state index is 12.9. The van der Waals surface area contributed by atoms with E-state index in [9.17, 15) is 9.59 Å². The Morgan fingerprint density at radius 1 is 1.05 bits per heavy atom. The highest BCUT2D eigenvalue weighted by atomic mass is 79.9. The number of hydrogen-bond donors (Lipinski definition) is 1. The number of carbonyl (C=O) groups is 2. The summed E-state index contributed by atoms with van der Waals surface area (Å²) in [5.41, 5.74) is 2.51. The van der Waals surface area contributed by atoms with Crippen molar-refractivity contribution in [1.29, 1.82) is 0 Å². The lowest BCUT2D eigenvalue weighted by molar-refractivity contribution is -0.121. The number of carboxylic acid groups (broad SMARTS) is 1. The number of thioether (sulfide) groups is 1. The third-order valence-electron chi connectivity index (χ3n) is 5.30. The molecule has 0 aliphatic carbocycles. The molecule has 1 heterocycles. The van der Waals surface area contributed by atoms with Gasteiger partial charge in [-0.25, -0.2) is 9.79 Å². The predicted molar refractivity (Wildman–Crippen MR) is 153 cm³/mol. The Bertz CT molecular complexity index is 1390. The van der Waals surface area contributed by atoms with Crippen LogP contribution in [0.4, 0.5) is 5.69 Å². The monoisotopic (exact) mass is 644 g/mol. The van der Waals surface area contributed by atoms with Gasteiger partial charge in [-0.15, -0.1) is 0 Å². The van der Waals surface area contributed by atoms with Gasteiger partial charge in [0, 0.05) is 16.0 Å². The number of likely N-dealkylation sites (N-methyl/N-ethyl adjacent to an activating group) is 1. The number of benzene rings is 3. The van der Waals surface area contributed by atoms with Gasteiger partial charge in [-0.1, -0.05) is 44.0 Å². The molecule has 0 atom stereocenters. The molecule has 4 rings (SSSR count). The Kier molecular flexibility index (Phi) is 8.73. The van der Waals surface area contributed by atoms with E-state index >= 15 is 0 Å². The van der Waals surface area contributed by atoms with Crippen molar-refractivity contribution < 1.29 is 24.2 Å². The third-order valence-corrected chi connectivity index (χ3v) is 7.58. The van der Waals surface area contributed by atoms with Gasteiger partial charge in [0.1, 0.15) is 6.61 Å². The van der Waals surface area contributed by atoms with Gasteiger partial charge < -0.3 is 14.6 Å². The highest BCUT2D eigenvalue weighted by molar-refractivity contribution is 9.10. The van der Waals surface area contributed by atoms with Crippen molar-refractivity contribution in [2.24, 2.45) is 4.99 Å². The van der Waals surface area contributed by atoms with Crippen LogP contribution in [-0.4, -0.2) is 40.7 Å². The van der Waals surface area contributed by atoms with Crippen LogP contribution in [0, 0.1) is 0 Å². The van der Waals surface area contributed by atoms with Crippen molar-refractivity contribution in [1.82, 2.24) is 4.90 Å². The second-order valence-corrected chi connectivity index (χ2v) is 10.7. The van der Waals surface area contributed by atoms with Crippen LogP contribution < -0.4 is 9.47 Å². The van der Waals surface area contributed by atoms with Gasteiger partial charge >= 0.3 is 5.97 Å². The van der Waals surface area contributed by atoms with Crippen molar-refractivity contribution in [3.8, 4) is 11.5 Å². The van der Waals surface area contributed by atoms with E-state index in [1.165, 1.54) is 28.8 Å². The van der Waals surface area contributed by atoms with Crippen LogP contribution in [0.3, 0.4) is 0 Å². The minimum absolute atomic E-state index is 0.173. The van der Waals surface area contributed by atoms with E-state index < -0.39 is 5.97 Å². The largest absolute Gasteiger partial charge is 0.490 e. The lowest BCUT2D eigenvalue weighted by Crippen LogP contribution is -2.23. The van der Waals surface area contributed by atoms with Crippen LogP contribution in [0.15, 0.2) is 79.5 Å². The minimum atomic E-state index is -1.01. The van der Waals surface area contributed by atoms with Gasteiger partial charge in [-0.05, 0) is 84.4 Å². The van der Waals surface area contributed by atoms with E-state index in [2.05, 4.69) is 36.9 Å². The fraction of sp³-hybridized carbons (Fsp3) is 0.148. The van der Waals surface area contributed by atoms with Crippen molar-refractivity contribution in [2.45, 2.75) is 13.5 Å². The van der Waals surface area contributed by atoms with Crippen LogP contribution in [-0.2, 0) is 11.4 Å². The van der Waals surface area contributed by atoms with Crippen LogP contribution in [0.2, 0.25) is 0 Å². The maximum Gasteiger partial charge on any atom is 0.335 e. The lowest BCUT2D eigenvalue weighted by Gasteiger charge is -2.14. The SMILES string of the molecule is CCOc1cc(/C=C2\SC(=Nc3ccc(C(=O)O)cc3)N(C)C2=O)c(Br)cc1OCc1ccc(Br)cc1. The highest BCUT2D eigenvalue weighted by Gasteiger charge is 2.30. The van der Waals surface area contributed by atoms with Crippen LogP contribution in [0.1, 0.15) is 28.4 Å². The van der Waals surface area contributed by atoms with Gasteiger partial charge in [-0.2, -0.15) is 0 Å². The van der Waals surface area contributed by atoms with E-state index in [4.69, 9.17) is 14.6 Å². The van der Waals surface area contributed by atoms with Gasteiger partial charge in [-0.3, -0.25) is 9.69 Å². The van der Waals surface area contributed by atoms with Crippen molar-refractivity contribution in [2.75, 3.05) is 13.7 Å². The average Bonchev–Trinajstić information content (AvgIpc) is 3.14. The predicted octanol–water partition coefficient (Wildman–Crippen LogP) is 7.12. The number of carboxylic acids is 1. The first-order valence-corrected chi connectivity index (χ1v) is 13.6. The Morgan fingerprint density at radius 3 is 2.38 bits per heavy atom. The lowest BCUT2D eigenvalue weighted by atomic mass is 10.1. The molecule has 1 aliphatic rings. The zero-order valence-electron chi connectivity index (χ0n) is 19.9. The molecule has 7 nitrogen and oxygen atoms in total. The molecule has 1 N–H and O–H groups in total.